The van der Waals surface area contributed by atoms with Gasteiger partial charge in [0, 0.05) is 10.6 Å². The second-order valence-corrected chi connectivity index (χ2v) is 6.28. The third-order valence-corrected chi connectivity index (χ3v) is 4.69. The van der Waals surface area contributed by atoms with Crippen LogP contribution in [0.4, 0.5) is 10.1 Å². The maximum atomic E-state index is 13.8. The normalized spacial score (nSPS) is 17.0. The van der Waals surface area contributed by atoms with Gasteiger partial charge in [-0.25, -0.2) is 4.39 Å². The lowest BCUT2D eigenvalue weighted by atomic mass is 10.1. The molecule has 1 atom stereocenters. The van der Waals surface area contributed by atoms with Crippen LogP contribution >= 0.6 is 11.8 Å². The molecule has 2 aromatic carbocycles. The predicted molar refractivity (Wildman–Crippen MR) is 83.9 cm³/mol. The van der Waals surface area contributed by atoms with Crippen LogP contribution in [0.15, 0.2) is 47.4 Å². The van der Waals surface area contributed by atoms with Crippen molar-refractivity contribution in [2.24, 2.45) is 0 Å². The molecule has 0 radical (unpaired) electrons. The summed E-state index contributed by atoms with van der Waals surface area (Å²) in [4.78, 5) is 1.26. The van der Waals surface area contributed by atoms with Crippen LogP contribution in [0.2, 0.25) is 0 Å². The molecule has 1 aliphatic carbocycles. The number of benzene rings is 2. The van der Waals surface area contributed by atoms with Gasteiger partial charge in [-0.1, -0.05) is 31.2 Å². The Kier molecular flexibility index (Phi) is 3.97. The highest BCUT2D eigenvalue weighted by Crippen LogP contribution is 2.37. The van der Waals surface area contributed by atoms with Gasteiger partial charge in [0.1, 0.15) is 5.82 Å². The summed E-state index contributed by atoms with van der Waals surface area (Å²) in [5.74, 6) is 0.984. The topological polar surface area (TPSA) is 12.0 Å². The SMILES string of the molecule is CCSc1ccccc1NC1CCc2c(F)cccc21. The summed E-state index contributed by atoms with van der Waals surface area (Å²) in [5, 5.41) is 3.59. The van der Waals surface area contributed by atoms with Gasteiger partial charge in [0.05, 0.1) is 6.04 Å². The minimum atomic E-state index is -0.0666. The van der Waals surface area contributed by atoms with E-state index in [0.717, 1.165) is 35.4 Å². The monoisotopic (exact) mass is 287 g/mol. The lowest BCUT2D eigenvalue weighted by Gasteiger charge is -2.18. The van der Waals surface area contributed by atoms with Gasteiger partial charge in [0.15, 0.2) is 0 Å². The lowest BCUT2D eigenvalue weighted by Crippen LogP contribution is -2.08. The Morgan fingerprint density at radius 3 is 2.90 bits per heavy atom. The van der Waals surface area contributed by atoms with E-state index in [2.05, 4.69) is 30.4 Å². The van der Waals surface area contributed by atoms with Crippen LogP contribution in [0.25, 0.3) is 0 Å². The number of rotatable bonds is 4. The van der Waals surface area contributed by atoms with E-state index < -0.39 is 0 Å². The molecule has 0 heterocycles. The minimum Gasteiger partial charge on any atom is -0.377 e. The zero-order valence-corrected chi connectivity index (χ0v) is 12.3. The van der Waals surface area contributed by atoms with E-state index in [1.54, 1.807) is 12.1 Å². The van der Waals surface area contributed by atoms with Crippen molar-refractivity contribution < 1.29 is 4.39 Å². The predicted octanol–water partition coefficient (Wildman–Crippen LogP) is 5.04. The summed E-state index contributed by atoms with van der Waals surface area (Å²) >= 11 is 1.83. The van der Waals surface area contributed by atoms with E-state index >= 15 is 0 Å². The van der Waals surface area contributed by atoms with Crippen molar-refractivity contribution in [3.63, 3.8) is 0 Å². The molecule has 1 aliphatic rings. The van der Waals surface area contributed by atoms with Gasteiger partial charge in [0.25, 0.3) is 0 Å². The smallest absolute Gasteiger partial charge is 0.126 e. The zero-order chi connectivity index (χ0) is 13.9. The summed E-state index contributed by atoms with van der Waals surface area (Å²) in [5.41, 5.74) is 3.15. The largest absolute Gasteiger partial charge is 0.377 e. The highest BCUT2D eigenvalue weighted by Gasteiger charge is 2.25. The van der Waals surface area contributed by atoms with Gasteiger partial charge in [0.2, 0.25) is 0 Å². The van der Waals surface area contributed by atoms with E-state index in [0.29, 0.717) is 0 Å². The van der Waals surface area contributed by atoms with Crippen molar-refractivity contribution in [2.45, 2.75) is 30.7 Å². The van der Waals surface area contributed by atoms with Crippen molar-refractivity contribution >= 4 is 17.4 Å². The van der Waals surface area contributed by atoms with Crippen LogP contribution in [0.5, 0.6) is 0 Å². The third kappa shape index (κ3) is 2.55. The molecule has 0 aromatic heterocycles. The Bertz CT molecular complexity index is 612. The molecule has 0 spiro atoms. The molecule has 3 heteroatoms. The average molecular weight is 287 g/mol. The Morgan fingerprint density at radius 1 is 1.20 bits per heavy atom. The van der Waals surface area contributed by atoms with E-state index in [4.69, 9.17) is 0 Å². The zero-order valence-electron chi connectivity index (χ0n) is 11.5. The average Bonchev–Trinajstić information content (AvgIpc) is 2.86. The molecule has 0 aliphatic heterocycles. The van der Waals surface area contributed by atoms with Gasteiger partial charge in [-0.3, -0.25) is 0 Å². The molecule has 20 heavy (non-hydrogen) atoms. The summed E-state index contributed by atoms with van der Waals surface area (Å²) in [6.07, 6.45) is 1.78. The number of hydrogen-bond donors (Lipinski definition) is 1. The van der Waals surface area contributed by atoms with Crippen LogP contribution in [-0.4, -0.2) is 5.75 Å². The standard InChI is InChI=1S/C17H18FNS/c1-2-20-17-9-4-3-8-16(17)19-15-11-10-12-13(15)6-5-7-14(12)18/h3-9,15,19H,2,10-11H2,1H3. The number of anilines is 1. The molecule has 0 bridgehead atoms. The van der Waals surface area contributed by atoms with Crippen LogP contribution in [0, 0.1) is 5.82 Å². The maximum Gasteiger partial charge on any atom is 0.126 e. The summed E-state index contributed by atoms with van der Waals surface area (Å²) in [7, 11) is 0. The molecule has 0 saturated heterocycles. The van der Waals surface area contributed by atoms with E-state index in [1.165, 1.54) is 4.90 Å². The van der Waals surface area contributed by atoms with Gasteiger partial charge < -0.3 is 5.32 Å². The van der Waals surface area contributed by atoms with Crippen molar-refractivity contribution in [1.82, 2.24) is 0 Å². The second-order valence-electron chi connectivity index (χ2n) is 4.97. The van der Waals surface area contributed by atoms with Crippen LogP contribution in [0.1, 0.15) is 30.5 Å². The fraction of sp³-hybridized carbons (Fsp3) is 0.294. The molecule has 2 aromatic rings. The fourth-order valence-corrected chi connectivity index (χ4v) is 3.58. The van der Waals surface area contributed by atoms with E-state index in [9.17, 15) is 4.39 Å². The molecule has 104 valence electrons. The van der Waals surface area contributed by atoms with E-state index in [1.807, 2.05) is 23.9 Å². The number of fused-ring (bicyclic) bond motifs is 1. The molecular weight excluding hydrogens is 269 g/mol. The van der Waals surface area contributed by atoms with Gasteiger partial charge in [-0.2, -0.15) is 0 Å². The first-order valence-electron chi connectivity index (χ1n) is 7.05. The molecule has 1 unspecified atom stereocenters. The minimum absolute atomic E-state index is 0.0666. The van der Waals surface area contributed by atoms with E-state index in [-0.39, 0.29) is 11.9 Å². The molecule has 0 saturated carbocycles. The summed E-state index contributed by atoms with van der Waals surface area (Å²) in [6.45, 7) is 2.15. The van der Waals surface area contributed by atoms with Gasteiger partial charge in [-0.05, 0) is 47.9 Å². The summed E-state index contributed by atoms with van der Waals surface area (Å²) < 4.78 is 13.8. The highest BCUT2D eigenvalue weighted by molar-refractivity contribution is 7.99. The first-order chi connectivity index (χ1) is 9.79. The first kappa shape index (κ1) is 13.5. The van der Waals surface area contributed by atoms with Crippen molar-refractivity contribution in [3.8, 4) is 0 Å². The summed E-state index contributed by atoms with van der Waals surface area (Å²) in [6, 6.07) is 14.0. The maximum absolute atomic E-state index is 13.8. The molecule has 0 fully saturated rings. The fourth-order valence-electron chi connectivity index (χ4n) is 2.81. The second kappa shape index (κ2) is 5.88. The van der Waals surface area contributed by atoms with Crippen molar-refractivity contribution in [1.29, 1.82) is 0 Å². The highest BCUT2D eigenvalue weighted by atomic mass is 32.2. The Morgan fingerprint density at radius 2 is 2.05 bits per heavy atom. The van der Waals surface area contributed by atoms with Gasteiger partial charge >= 0.3 is 0 Å². The lowest BCUT2D eigenvalue weighted by molar-refractivity contribution is 0.612. The van der Waals surface area contributed by atoms with Crippen molar-refractivity contribution in [2.75, 3.05) is 11.1 Å². The molecule has 0 amide bonds. The number of thioether (sulfide) groups is 1. The number of nitrogens with one attached hydrogen (secondary N) is 1. The third-order valence-electron chi connectivity index (χ3n) is 3.73. The Balaban J connectivity index is 1.86. The van der Waals surface area contributed by atoms with Gasteiger partial charge in [-0.15, -0.1) is 11.8 Å². The number of para-hydroxylation sites is 1. The number of halogens is 1. The molecular formula is C17H18FNS. The first-order valence-corrected chi connectivity index (χ1v) is 8.04. The molecule has 1 nitrogen and oxygen atoms in total. The van der Waals surface area contributed by atoms with Crippen LogP contribution in [0.3, 0.4) is 0 Å². The molecule has 1 N–H and O–H groups in total. The molecule has 3 rings (SSSR count). The Labute approximate surface area is 123 Å². The Hall–Kier alpha value is -1.48. The van der Waals surface area contributed by atoms with Crippen molar-refractivity contribution in [3.05, 3.63) is 59.4 Å². The quantitative estimate of drug-likeness (QED) is 0.791. The number of hydrogen-bond acceptors (Lipinski definition) is 2. The van der Waals surface area contributed by atoms with Crippen LogP contribution < -0.4 is 5.32 Å². The van der Waals surface area contributed by atoms with Crippen LogP contribution in [-0.2, 0) is 6.42 Å².